The molecule has 0 spiro atoms. The van der Waals surface area contributed by atoms with Gasteiger partial charge in [-0.3, -0.25) is 14.7 Å². The zero-order chi connectivity index (χ0) is 27.1. The maximum atomic E-state index is 12.5. The van der Waals surface area contributed by atoms with Crippen molar-refractivity contribution in [3.8, 4) is 17.2 Å². The summed E-state index contributed by atoms with van der Waals surface area (Å²) in [5.74, 6) is 1.88. The SMILES string of the molecule is CC(=O)Nc1ccc(OCCOc2ccc3[nH]nc(NC(=O)COc4ccc(C(C)(C)C)cc4)c3c2)cc1. The number of carbonyl (C=O) groups excluding carboxylic acids is 2. The Hall–Kier alpha value is -4.53. The number of amides is 2. The van der Waals surface area contributed by atoms with Crippen LogP contribution >= 0.6 is 0 Å². The lowest BCUT2D eigenvalue weighted by Crippen LogP contribution is -2.20. The summed E-state index contributed by atoms with van der Waals surface area (Å²) >= 11 is 0. The lowest BCUT2D eigenvalue weighted by atomic mass is 9.87. The first-order valence-electron chi connectivity index (χ1n) is 12.3. The number of aromatic amines is 1. The highest BCUT2D eigenvalue weighted by atomic mass is 16.5. The van der Waals surface area contributed by atoms with E-state index in [0.29, 0.717) is 42.0 Å². The van der Waals surface area contributed by atoms with Crippen LogP contribution in [0, 0.1) is 0 Å². The maximum absolute atomic E-state index is 12.5. The summed E-state index contributed by atoms with van der Waals surface area (Å²) in [5.41, 5.74) is 2.72. The molecule has 9 heteroatoms. The van der Waals surface area contributed by atoms with Gasteiger partial charge < -0.3 is 24.8 Å². The van der Waals surface area contributed by atoms with Crippen LogP contribution in [0.5, 0.6) is 17.2 Å². The van der Waals surface area contributed by atoms with Gasteiger partial charge in [0.25, 0.3) is 5.91 Å². The average molecular weight is 517 g/mol. The van der Waals surface area contributed by atoms with E-state index in [1.165, 1.54) is 12.5 Å². The number of ether oxygens (including phenoxy) is 3. The molecule has 9 nitrogen and oxygen atoms in total. The van der Waals surface area contributed by atoms with Gasteiger partial charge in [-0.05, 0) is 65.6 Å². The standard InChI is InChI=1S/C29H32N4O5/c1-19(34)30-21-7-11-22(12-8-21)36-15-16-37-24-13-14-26-25(17-24)28(33-32-26)31-27(35)18-38-23-9-5-20(6-10-23)29(2,3)4/h5-14,17H,15-16,18H2,1-4H3,(H,30,34)(H2,31,32,33,35). The Kier molecular flexibility index (Phi) is 8.15. The van der Waals surface area contributed by atoms with Gasteiger partial charge in [0, 0.05) is 18.0 Å². The quantitative estimate of drug-likeness (QED) is 0.247. The van der Waals surface area contributed by atoms with Gasteiger partial charge in [0.1, 0.15) is 30.5 Å². The van der Waals surface area contributed by atoms with Crippen LogP contribution < -0.4 is 24.8 Å². The fraction of sp³-hybridized carbons (Fsp3) is 0.276. The Morgan fingerprint density at radius 2 is 1.42 bits per heavy atom. The van der Waals surface area contributed by atoms with Crippen molar-refractivity contribution in [2.75, 3.05) is 30.5 Å². The number of carbonyl (C=O) groups is 2. The molecule has 2 amide bonds. The molecule has 0 aliphatic carbocycles. The Morgan fingerprint density at radius 3 is 2.08 bits per heavy atom. The molecule has 0 saturated carbocycles. The predicted molar refractivity (Wildman–Crippen MR) is 147 cm³/mol. The van der Waals surface area contributed by atoms with Gasteiger partial charge in [0.05, 0.1) is 5.52 Å². The van der Waals surface area contributed by atoms with E-state index in [0.717, 1.165) is 10.9 Å². The molecule has 1 heterocycles. The van der Waals surface area contributed by atoms with Crippen molar-refractivity contribution in [3.63, 3.8) is 0 Å². The topological polar surface area (TPSA) is 115 Å². The van der Waals surface area contributed by atoms with Crippen LogP contribution in [-0.4, -0.2) is 41.8 Å². The second kappa shape index (κ2) is 11.7. The van der Waals surface area contributed by atoms with Gasteiger partial charge in [-0.15, -0.1) is 0 Å². The van der Waals surface area contributed by atoms with Gasteiger partial charge in [0.15, 0.2) is 12.4 Å². The van der Waals surface area contributed by atoms with E-state index < -0.39 is 0 Å². The summed E-state index contributed by atoms with van der Waals surface area (Å²) in [5, 5.41) is 13.3. The minimum absolute atomic E-state index is 0.0500. The lowest BCUT2D eigenvalue weighted by molar-refractivity contribution is -0.118. The van der Waals surface area contributed by atoms with Crippen molar-refractivity contribution in [1.29, 1.82) is 0 Å². The number of fused-ring (bicyclic) bond motifs is 1. The summed E-state index contributed by atoms with van der Waals surface area (Å²) < 4.78 is 17.2. The molecule has 4 aromatic rings. The molecule has 0 aliphatic rings. The van der Waals surface area contributed by atoms with Crippen LogP contribution in [0.3, 0.4) is 0 Å². The number of anilines is 2. The molecule has 1 aromatic heterocycles. The number of nitrogens with one attached hydrogen (secondary N) is 3. The number of H-pyrrole nitrogens is 1. The van der Waals surface area contributed by atoms with Gasteiger partial charge in [-0.1, -0.05) is 32.9 Å². The maximum Gasteiger partial charge on any atom is 0.263 e. The van der Waals surface area contributed by atoms with E-state index in [1.807, 2.05) is 42.5 Å². The molecule has 0 fully saturated rings. The third-order valence-corrected chi connectivity index (χ3v) is 5.68. The van der Waals surface area contributed by atoms with Crippen molar-refractivity contribution in [3.05, 3.63) is 72.3 Å². The number of hydrogen-bond donors (Lipinski definition) is 3. The average Bonchev–Trinajstić information content (AvgIpc) is 3.27. The van der Waals surface area contributed by atoms with Crippen LogP contribution in [-0.2, 0) is 15.0 Å². The first kappa shape index (κ1) is 26.5. The molecular weight excluding hydrogens is 484 g/mol. The number of nitrogens with zero attached hydrogens (tertiary/aromatic N) is 1. The van der Waals surface area contributed by atoms with E-state index in [-0.39, 0.29) is 23.8 Å². The summed E-state index contributed by atoms with van der Waals surface area (Å²) in [7, 11) is 0. The highest BCUT2D eigenvalue weighted by Crippen LogP contribution is 2.26. The fourth-order valence-corrected chi connectivity index (χ4v) is 3.70. The second-order valence-electron chi connectivity index (χ2n) is 9.79. The molecule has 0 atom stereocenters. The Bertz CT molecular complexity index is 1390. The van der Waals surface area contributed by atoms with E-state index in [1.54, 1.807) is 24.3 Å². The van der Waals surface area contributed by atoms with Gasteiger partial charge in [-0.25, -0.2) is 0 Å². The van der Waals surface area contributed by atoms with Crippen LogP contribution in [0.25, 0.3) is 10.9 Å². The lowest BCUT2D eigenvalue weighted by Gasteiger charge is -2.19. The highest BCUT2D eigenvalue weighted by molar-refractivity contribution is 6.00. The first-order valence-corrected chi connectivity index (χ1v) is 12.3. The van der Waals surface area contributed by atoms with Crippen molar-refractivity contribution < 1.29 is 23.8 Å². The van der Waals surface area contributed by atoms with Crippen LogP contribution in [0.2, 0.25) is 0 Å². The molecule has 0 saturated heterocycles. The van der Waals surface area contributed by atoms with Crippen molar-refractivity contribution in [1.82, 2.24) is 10.2 Å². The minimum atomic E-state index is -0.317. The number of aromatic nitrogens is 2. The molecule has 4 rings (SSSR count). The Morgan fingerprint density at radius 1 is 0.816 bits per heavy atom. The Labute approximate surface area is 221 Å². The third-order valence-electron chi connectivity index (χ3n) is 5.68. The summed E-state index contributed by atoms with van der Waals surface area (Å²) in [6, 6.07) is 20.3. The van der Waals surface area contributed by atoms with Crippen molar-refractivity contribution in [2.24, 2.45) is 0 Å². The molecular formula is C29H32N4O5. The normalized spacial score (nSPS) is 11.2. The van der Waals surface area contributed by atoms with E-state index in [2.05, 4.69) is 41.6 Å². The van der Waals surface area contributed by atoms with Crippen molar-refractivity contribution in [2.45, 2.75) is 33.1 Å². The first-order chi connectivity index (χ1) is 18.2. The third kappa shape index (κ3) is 7.25. The minimum Gasteiger partial charge on any atom is -0.490 e. The Balaban J connectivity index is 1.27. The molecule has 198 valence electrons. The molecule has 38 heavy (non-hydrogen) atoms. The van der Waals surface area contributed by atoms with E-state index >= 15 is 0 Å². The molecule has 0 bridgehead atoms. The zero-order valence-electron chi connectivity index (χ0n) is 22.0. The predicted octanol–water partition coefficient (Wildman–Crippen LogP) is 5.29. The summed E-state index contributed by atoms with van der Waals surface area (Å²) in [6.45, 7) is 8.41. The molecule has 3 N–H and O–H groups in total. The van der Waals surface area contributed by atoms with Crippen LogP contribution in [0.4, 0.5) is 11.5 Å². The van der Waals surface area contributed by atoms with Gasteiger partial charge >= 0.3 is 0 Å². The molecule has 0 unspecified atom stereocenters. The summed E-state index contributed by atoms with van der Waals surface area (Å²) in [6.07, 6.45) is 0. The number of rotatable bonds is 10. The smallest absolute Gasteiger partial charge is 0.263 e. The number of hydrogen-bond acceptors (Lipinski definition) is 6. The summed E-state index contributed by atoms with van der Waals surface area (Å²) in [4.78, 5) is 23.6. The van der Waals surface area contributed by atoms with E-state index in [4.69, 9.17) is 14.2 Å². The largest absolute Gasteiger partial charge is 0.490 e. The van der Waals surface area contributed by atoms with Crippen LogP contribution in [0.1, 0.15) is 33.3 Å². The molecule has 3 aromatic carbocycles. The monoisotopic (exact) mass is 516 g/mol. The fourth-order valence-electron chi connectivity index (χ4n) is 3.70. The second-order valence-corrected chi connectivity index (χ2v) is 9.79. The van der Waals surface area contributed by atoms with Gasteiger partial charge in [-0.2, -0.15) is 5.10 Å². The van der Waals surface area contributed by atoms with E-state index in [9.17, 15) is 9.59 Å². The zero-order valence-corrected chi connectivity index (χ0v) is 22.0. The van der Waals surface area contributed by atoms with Crippen LogP contribution in [0.15, 0.2) is 66.7 Å². The number of benzene rings is 3. The molecule has 0 aliphatic heterocycles. The van der Waals surface area contributed by atoms with Gasteiger partial charge in [0.2, 0.25) is 5.91 Å². The molecule has 0 radical (unpaired) electrons. The highest BCUT2D eigenvalue weighted by Gasteiger charge is 2.14. The van der Waals surface area contributed by atoms with Crippen molar-refractivity contribution >= 4 is 34.2 Å².